The quantitative estimate of drug-likeness (QED) is 0.403. The summed E-state index contributed by atoms with van der Waals surface area (Å²) in [7, 11) is 1.64. The molecule has 8 nitrogen and oxygen atoms in total. The van der Waals surface area contributed by atoms with Crippen molar-refractivity contribution in [1.29, 1.82) is 0 Å². The number of fused-ring (bicyclic) bond motifs is 1. The van der Waals surface area contributed by atoms with E-state index in [0.717, 1.165) is 5.56 Å². The highest BCUT2D eigenvalue weighted by atomic mass is 19.1. The van der Waals surface area contributed by atoms with Crippen LogP contribution in [0, 0.1) is 24.5 Å². The molecule has 0 radical (unpaired) electrons. The van der Waals surface area contributed by atoms with Crippen LogP contribution in [0.1, 0.15) is 43.7 Å². The Balaban J connectivity index is 1.36. The molecule has 0 spiro atoms. The van der Waals surface area contributed by atoms with Crippen molar-refractivity contribution < 1.29 is 32.6 Å². The van der Waals surface area contributed by atoms with E-state index in [9.17, 15) is 14.0 Å². The topological polar surface area (TPSA) is 105 Å². The minimum absolute atomic E-state index is 0.0198. The van der Waals surface area contributed by atoms with Crippen LogP contribution in [0.5, 0.6) is 0 Å². The van der Waals surface area contributed by atoms with Gasteiger partial charge in [0.1, 0.15) is 11.3 Å². The van der Waals surface area contributed by atoms with Crippen LogP contribution >= 0.6 is 0 Å². The van der Waals surface area contributed by atoms with Crippen molar-refractivity contribution in [1.82, 2.24) is 9.88 Å². The number of oxazole rings is 1. The molecule has 1 atom stereocenters. The second-order valence-electron chi connectivity index (χ2n) is 9.67. The number of aromatic nitrogens is 1. The number of anilines is 2. The number of amides is 1. The summed E-state index contributed by atoms with van der Waals surface area (Å²) in [6, 6.07) is 7.10. The largest absolute Gasteiger partial charge is 0.481 e. The Bertz CT molecular complexity index is 1290. The van der Waals surface area contributed by atoms with Gasteiger partial charge < -0.3 is 24.5 Å². The van der Waals surface area contributed by atoms with Gasteiger partial charge in [-0.25, -0.2) is 8.78 Å². The van der Waals surface area contributed by atoms with Crippen molar-refractivity contribution in [3.05, 3.63) is 53.1 Å². The Hall–Kier alpha value is -3.53. The SMILES string of the molecule is Cc1ccc(F)cc1Nc1nc2ccc(CC(=O)N(C)[C@@H](C)CO[C@H]3CC[C@H](C(=O)O)CC3)c(F)c2o1. The number of carbonyl (C=O) groups is 2. The van der Waals surface area contributed by atoms with E-state index in [0.29, 0.717) is 38.0 Å². The van der Waals surface area contributed by atoms with E-state index < -0.39 is 17.6 Å². The molecule has 1 aromatic heterocycles. The van der Waals surface area contributed by atoms with Gasteiger partial charge in [0.05, 0.1) is 31.1 Å². The Labute approximate surface area is 213 Å². The van der Waals surface area contributed by atoms with E-state index in [4.69, 9.17) is 14.3 Å². The Morgan fingerprint density at radius 2 is 1.95 bits per heavy atom. The molecule has 0 saturated heterocycles. The highest BCUT2D eigenvalue weighted by Crippen LogP contribution is 2.29. The predicted octanol–water partition coefficient (Wildman–Crippen LogP) is 5.21. The van der Waals surface area contributed by atoms with Crippen molar-refractivity contribution in [2.45, 2.75) is 58.1 Å². The fraction of sp³-hybridized carbons (Fsp3) is 0.444. The molecule has 3 aromatic rings. The van der Waals surface area contributed by atoms with Crippen LogP contribution in [0.4, 0.5) is 20.5 Å². The van der Waals surface area contributed by atoms with Gasteiger partial charge in [0.15, 0.2) is 11.4 Å². The molecule has 2 aromatic carbocycles. The molecule has 1 saturated carbocycles. The lowest BCUT2D eigenvalue weighted by Gasteiger charge is -2.30. The second-order valence-corrected chi connectivity index (χ2v) is 9.67. The molecule has 1 fully saturated rings. The highest BCUT2D eigenvalue weighted by molar-refractivity contribution is 5.82. The third kappa shape index (κ3) is 6.25. The molecule has 2 N–H and O–H groups in total. The summed E-state index contributed by atoms with van der Waals surface area (Å²) in [4.78, 5) is 29.7. The number of aryl methyl sites for hydroxylation is 1. The fourth-order valence-corrected chi connectivity index (χ4v) is 4.43. The molecule has 10 heteroatoms. The first-order valence-electron chi connectivity index (χ1n) is 12.3. The van der Waals surface area contributed by atoms with E-state index >= 15 is 4.39 Å². The van der Waals surface area contributed by atoms with Gasteiger partial charge >= 0.3 is 5.97 Å². The number of rotatable bonds is 9. The number of halogens is 2. The molecule has 1 heterocycles. The predicted molar refractivity (Wildman–Crippen MR) is 134 cm³/mol. The summed E-state index contributed by atoms with van der Waals surface area (Å²) >= 11 is 0. The van der Waals surface area contributed by atoms with Crippen molar-refractivity contribution in [2.24, 2.45) is 5.92 Å². The van der Waals surface area contributed by atoms with Gasteiger partial charge in [-0.2, -0.15) is 4.98 Å². The summed E-state index contributed by atoms with van der Waals surface area (Å²) in [5.41, 5.74) is 1.59. The zero-order chi connectivity index (χ0) is 26.7. The minimum Gasteiger partial charge on any atom is -0.481 e. The van der Waals surface area contributed by atoms with E-state index in [1.54, 1.807) is 26.1 Å². The number of hydrogen-bond acceptors (Lipinski definition) is 6. The van der Waals surface area contributed by atoms with Gasteiger partial charge in [-0.3, -0.25) is 9.59 Å². The number of carboxylic acids is 1. The van der Waals surface area contributed by atoms with E-state index in [2.05, 4.69) is 10.3 Å². The van der Waals surface area contributed by atoms with Crippen LogP contribution in [0.25, 0.3) is 11.1 Å². The number of carboxylic acid groups (broad SMARTS) is 1. The first-order valence-corrected chi connectivity index (χ1v) is 12.3. The monoisotopic (exact) mass is 515 g/mol. The molecular weight excluding hydrogens is 484 g/mol. The lowest BCUT2D eigenvalue weighted by molar-refractivity contribution is -0.144. The lowest BCUT2D eigenvalue weighted by atomic mass is 9.87. The molecule has 1 aliphatic carbocycles. The summed E-state index contributed by atoms with van der Waals surface area (Å²) < 4.78 is 40.3. The van der Waals surface area contributed by atoms with Gasteiger partial charge in [0.2, 0.25) is 5.91 Å². The molecule has 4 rings (SSSR count). The highest BCUT2D eigenvalue weighted by Gasteiger charge is 2.27. The van der Waals surface area contributed by atoms with Crippen LogP contribution in [0.2, 0.25) is 0 Å². The number of ether oxygens (including phenoxy) is 1. The third-order valence-electron chi connectivity index (χ3n) is 7.01. The van der Waals surface area contributed by atoms with Crippen molar-refractivity contribution in [3.8, 4) is 0 Å². The number of nitrogens with one attached hydrogen (secondary N) is 1. The molecule has 0 aliphatic heterocycles. The van der Waals surface area contributed by atoms with Gasteiger partial charge in [-0.1, -0.05) is 12.1 Å². The molecule has 1 aliphatic rings. The summed E-state index contributed by atoms with van der Waals surface area (Å²) in [6.07, 6.45) is 2.35. The molecule has 0 unspecified atom stereocenters. The Morgan fingerprint density at radius 3 is 2.65 bits per heavy atom. The van der Waals surface area contributed by atoms with Gasteiger partial charge in [0, 0.05) is 18.3 Å². The number of aliphatic carboxylic acids is 1. The average molecular weight is 516 g/mol. The smallest absolute Gasteiger partial charge is 0.306 e. The van der Waals surface area contributed by atoms with Crippen LogP contribution in [0.15, 0.2) is 34.7 Å². The third-order valence-corrected chi connectivity index (χ3v) is 7.01. The molecule has 37 heavy (non-hydrogen) atoms. The first-order chi connectivity index (χ1) is 17.6. The summed E-state index contributed by atoms with van der Waals surface area (Å²) in [6.45, 7) is 3.95. The molecule has 1 amide bonds. The zero-order valence-electron chi connectivity index (χ0n) is 21.1. The maximum Gasteiger partial charge on any atom is 0.306 e. The fourth-order valence-electron chi connectivity index (χ4n) is 4.43. The number of benzene rings is 2. The van der Waals surface area contributed by atoms with E-state index in [1.165, 1.54) is 23.1 Å². The first kappa shape index (κ1) is 26.5. The van der Waals surface area contributed by atoms with Gasteiger partial charge in [-0.15, -0.1) is 0 Å². The number of carbonyl (C=O) groups excluding carboxylic acids is 1. The molecular formula is C27H31F2N3O5. The lowest BCUT2D eigenvalue weighted by Crippen LogP contribution is -2.40. The van der Waals surface area contributed by atoms with Crippen LogP contribution in [-0.2, 0) is 20.7 Å². The standard InChI is InChI=1S/C27H31F2N3O5/c1-15-4-8-19(28)13-22(15)31-27-30-21-11-7-18(24(29)25(21)37-27)12-23(33)32(3)16(2)14-36-20-9-5-17(6-10-20)26(34)35/h4,7-8,11,13,16-17,20H,5-6,9-10,12,14H2,1-3H3,(H,30,31)(H,34,35)/t16-,17-,20-/m0/s1. The second kappa shape index (κ2) is 11.2. The average Bonchev–Trinajstić information content (AvgIpc) is 3.29. The van der Waals surface area contributed by atoms with Crippen LogP contribution in [-0.4, -0.2) is 52.7 Å². The zero-order valence-corrected chi connectivity index (χ0v) is 21.1. The maximum atomic E-state index is 15.2. The molecule has 0 bridgehead atoms. The van der Waals surface area contributed by atoms with E-state index in [1.807, 2.05) is 6.92 Å². The van der Waals surface area contributed by atoms with Crippen molar-refractivity contribution >= 4 is 34.7 Å². The van der Waals surface area contributed by atoms with Crippen molar-refractivity contribution in [3.63, 3.8) is 0 Å². The minimum atomic E-state index is -0.762. The normalized spacial score (nSPS) is 18.5. The van der Waals surface area contributed by atoms with E-state index in [-0.39, 0.29) is 53.1 Å². The van der Waals surface area contributed by atoms with Crippen LogP contribution < -0.4 is 5.32 Å². The summed E-state index contributed by atoms with van der Waals surface area (Å²) in [5, 5.41) is 12.0. The number of nitrogens with zero attached hydrogens (tertiary/aromatic N) is 2. The summed E-state index contributed by atoms with van der Waals surface area (Å²) in [5.74, 6) is -2.45. The molecule has 198 valence electrons. The Morgan fingerprint density at radius 1 is 1.22 bits per heavy atom. The number of hydrogen-bond donors (Lipinski definition) is 2. The van der Waals surface area contributed by atoms with Crippen LogP contribution in [0.3, 0.4) is 0 Å². The van der Waals surface area contributed by atoms with Gasteiger partial charge in [0.25, 0.3) is 6.01 Å². The number of likely N-dealkylation sites (N-methyl/N-ethyl adjacent to an activating group) is 1. The maximum absolute atomic E-state index is 15.2. The van der Waals surface area contributed by atoms with Gasteiger partial charge in [-0.05, 0) is 63.3 Å². The van der Waals surface area contributed by atoms with Crippen molar-refractivity contribution in [2.75, 3.05) is 19.0 Å². The Kier molecular flexibility index (Phi) is 8.06.